The number of nitrogen functional groups attached to an aromatic ring is 1. The Bertz CT molecular complexity index is 1060. The average molecular weight is 416 g/mol. The molecule has 1 aliphatic rings. The summed E-state index contributed by atoms with van der Waals surface area (Å²) in [6.45, 7) is -0.0418. The van der Waals surface area contributed by atoms with E-state index in [1.54, 1.807) is 16.7 Å². The Labute approximate surface area is 170 Å². The summed E-state index contributed by atoms with van der Waals surface area (Å²) in [5.41, 5.74) is 7.50. The number of imidazole rings is 1. The van der Waals surface area contributed by atoms with Crippen LogP contribution in [0.25, 0.3) is 11.2 Å². The standard InChI is InChI=1S/C18H20N6O6/c19-18-21-16-15(20-9-23(16)14-7-12(26)13(8-25)30-14)17(22-18)29-6-5-10-1-3-11(4-2-10)24(27)28/h1-4,9,12-14,25-26H,5-8H2,(H2,19,21,22). The fraction of sp³-hybridized carbons (Fsp3) is 0.389. The molecule has 3 atom stereocenters. The molecule has 0 bridgehead atoms. The molecule has 12 heteroatoms. The maximum Gasteiger partial charge on any atom is 0.269 e. The van der Waals surface area contributed by atoms with E-state index in [1.807, 2.05) is 0 Å². The van der Waals surface area contributed by atoms with E-state index in [2.05, 4.69) is 15.0 Å². The van der Waals surface area contributed by atoms with Gasteiger partial charge in [-0.05, 0) is 5.56 Å². The lowest BCUT2D eigenvalue weighted by molar-refractivity contribution is -0.384. The molecular weight excluding hydrogens is 396 g/mol. The second-order valence-electron chi connectivity index (χ2n) is 6.85. The molecule has 4 N–H and O–H groups in total. The summed E-state index contributed by atoms with van der Waals surface area (Å²) >= 11 is 0. The van der Waals surface area contributed by atoms with Crippen molar-refractivity contribution in [2.24, 2.45) is 0 Å². The van der Waals surface area contributed by atoms with E-state index in [0.29, 0.717) is 17.6 Å². The Kier molecular flexibility index (Phi) is 5.44. The number of hydrogen-bond donors (Lipinski definition) is 3. The van der Waals surface area contributed by atoms with Crippen molar-refractivity contribution in [1.29, 1.82) is 0 Å². The van der Waals surface area contributed by atoms with Gasteiger partial charge in [-0.3, -0.25) is 14.7 Å². The monoisotopic (exact) mass is 416 g/mol. The van der Waals surface area contributed by atoms with E-state index in [1.165, 1.54) is 18.5 Å². The summed E-state index contributed by atoms with van der Waals surface area (Å²) in [7, 11) is 0. The molecule has 12 nitrogen and oxygen atoms in total. The predicted octanol–water partition coefficient (Wildman–Crippen LogP) is 0.579. The minimum absolute atomic E-state index is 0.00756. The molecule has 0 radical (unpaired) electrons. The van der Waals surface area contributed by atoms with Gasteiger partial charge in [0, 0.05) is 25.0 Å². The molecule has 2 aromatic heterocycles. The SMILES string of the molecule is Nc1nc(OCCc2ccc([N+](=O)[O-])cc2)c2ncn(C3CC(O)C(CO)O3)c2n1. The molecule has 1 fully saturated rings. The molecule has 1 saturated heterocycles. The molecule has 3 heterocycles. The van der Waals surface area contributed by atoms with E-state index in [9.17, 15) is 20.3 Å². The summed E-state index contributed by atoms with van der Waals surface area (Å²) in [4.78, 5) is 22.9. The number of rotatable bonds is 7. The molecular formula is C18H20N6O6. The van der Waals surface area contributed by atoms with Crippen LogP contribution in [0.1, 0.15) is 18.2 Å². The number of nitro groups is 1. The highest BCUT2D eigenvalue weighted by Gasteiger charge is 2.35. The van der Waals surface area contributed by atoms with Gasteiger partial charge in [0.05, 0.1) is 30.6 Å². The number of fused-ring (bicyclic) bond motifs is 1. The Hall–Kier alpha value is -3.35. The highest BCUT2D eigenvalue weighted by molar-refractivity contribution is 5.77. The van der Waals surface area contributed by atoms with Crippen LogP contribution in [0.2, 0.25) is 0 Å². The van der Waals surface area contributed by atoms with Crippen molar-refractivity contribution < 1.29 is 24.6 Å². The van der Waals surface area contributed by atoms with Crippen molar-refractivity contribution in [2.75, 3.05) is 18.9 Å². The van der Waals surface area contributed by atoms with Crippen LogP contribution in [0.4, 0.5) is 11.6 Å². The second-order valence-corrected chi connectivity index (χ2v) is 6.85. The molecule has 1 aliphatic heterocycles. The molecule has 0 aliphatic carbocycles. The van der Waals surface area contributed by atoms with Crippen molar-refractivity contribution >= 4 is 22.8 Å². The largest absolute Gasteiger partial charge is 0.476 e. The highest BCUT2D eigenvalue weighted by Crippen LogP contribution is 2.32. The topological polar surface area (TPSA) is 172 Å². The summed E-state index contributed by atoms with van der Waals surface area (Å²) in [6.07, 6.45) is 0.249. The van der Waals surface area contributed by atoms with E-state index in [4.69, 9.17) is 15.2 Å². The molecule has 4 rings (SSSR count). The number of aliphatic hydroxyl groups is 2. The van der Waals surface area contributed by atoms with E-state index < -0.39 is 23.4 Å². The van der Waals surface area contributed by atoms with Gasteiger partial charge in [0.15, 0.2) is 11.2 Å². The Morgan fingerprint density at radius 2 is 2.10 bits per heavy atom. The van der Waals surface area contributed by atoms with Gasteiger partial charge in [0.25, 0.3) is 5.69 Å². The lowest BCUT2D eigenvalue weighted by atomic mass is 10.1. The van der Waals surface area contributed by atoms with Crippen molar-refractivity contribution in [1.82, 2.24) is 19.5 Å². The van der Waals surface area contributed by atoms with Crippen LogP contribution in [0.5, 0.6) is 5.88 Å². The Morgan fingerprint density at radius 1 is 1.33 bits per heavy atom. The number of nitro benzene ring substituents is 1. The van der Waals surface area contributed by atoms with Gasteiger partial charge in [-0.15, -0.1) is 0 Å². The lowest BCUT2D eigenvalue weighted by Crippen LogP contribution is -2.24. The maximum atomic E-state index is 10.7. The van der Waals surface area contributed by atoms with Gasteiger partial charge in [-0.25, -0.2) is 4.98 Å². The molecule has 1 aromatic carbocycles. The van der Waals surface area contributed by atoms with Crippen molar-refractivity contribution in [2.45, 2.75) is 31.3 Å². The molecule has 158 valence electrons. The first-order valence-electron chi connectivity index (χ1n) is 9.27. The normalized spacial score (nSPS) is 21.2. The number of aliphatic hydroxyl groups excluding tert-OH is 2. The summed E-state index contributed by atoms with van der Waals surface area (Å²) in [5.74, 6) is 0.197. The number of anilines is 1. The first-order valence-corrected chi connectivity index (χ1v) is 9.27. The predicted molar refractivity (Wildman–Crippen MR) is 104 cm³/mol. The van der Waals surface area contributed by atoms with Crippen LogP contribution in [0.15, 0.2) is 30.6 Å². The maximum absolute atomic E-state index is 10.7. The fourth-order valence-corrected chi connectivity index (χ4v) is 3.32. The van der Waals surface area contributed by atoms with Gasteiger partial charge >= 0.3 is 0 Å². The fourth-order valence-electron chi connectivity index (χ4n) is 3.32. The third-order valence-corrected chi connectivity index (χ3v) is 4.88. The summed E-state index contributed by atoms with van der Waals surface area (Å²) in [5, 5.41) is 30.0. The van der Waals surface area contributed by atoms with Crippen LogP contribution in [-0.4, -0.2) is 60.1 Å². The smallest absolute Gasteiger partial charge is 0.269 e. The number of nitrogens with two attached hydrogens (primary N) is 1. The number of aromatic nitrogens is 4. The molecule has 0 saturated carbocycles. The highest BCUT2D eigenvalue weighted by atomic mass is 16.6. The van der Waals surface area contributed by atoms with Crippen LogP contribution in [0.3, 0.4) is 0 Å². The second kappa shape index (κ2) is 8.18. The van der Waals surface area contributed by atoms with Crippen molar-refractivity contribution in [3.8, 4) is 5.88 Å². The van der Waals surface area contributed by atoms with Crippen molar-refractivity contribution in [3.05, 3.63) is 46.3 Å². The molecule has 0 amide bonds. The number of non-ortho nitro benzene ring substituents is 1. The van der Waals surface area contributed by atoms with E-state index in [0.717, 1.165) is 5.56 Å². The van der Waals surface area contributed by atoms with Gasteiger partial charge < -0.3 is 25.4 Å². The number of hydrogen-bond acceptors (Lipinski definition) is 10. The van der Waals surface area contributed by atoms with Crippen LogP contribution >= 0.6 is 0 Å². The van der Waals surface area contributed by atoms with E-state index >= 15 is 0 Å². The van der Waals surface area contributed by atoms with Gasteiger partial charge in [-0.2, -0.15) is 9.97 Å². The number of ether oxygens (including phenoxy) is 2. The van der Waals surface area contributed by atoms with Crippen LogP contribution in [-0.2, 0) is 11.2 Å². The number of benzene rings is 1. The first kappa shape index (κ1) is 19.9. The summed E-state index contributed by atoms with van der Waals surface area (Å²) < 4.78 is 13.0. The average Bonchev–Trinajstić information content (AvgIpc) is 3.31. The Morgan fingerprint density at radius 3 is 2.77 bits per heavy atom. The Balaban J connectivity index is 1.49. The molecule has 3 unspecified atom stereocenters. The molecule has 0 spiro atoms. The van der Waals surface area contributed by atoms with Crippen LogP contribution < -0.4 is 10.5 Å². The van der Waals surface area contributed by atoms with Gasteiger partial charge in [0.1, 0.15) is 12.3 Å². The molecule has 30 heavy (non-hydrogen) atoms. The number of nitrogens with zero attached hydrogens (tertiary/aromatic N) is 5. The quantitative estimate of drug-likeness (QED) is 0.365. The van der Waals surface area contributed by atoms with Gasteiger partial charge in [-0.1, -0.05) is 12.1 Å². The minimum atomic E-state index is -0.797. The zero-order chi connectivity index (χ0) is 21.3. The molecule has 3 aromatic rings. The summed E-state index contributed by atoms with van der Waals surface area (Å²) in [6, 6.07) is 6.21. The van der Waals surface area contributed by atoms with Crippen LogP contribution in [0, 0.1) is 10.1 Å². The van der Waals surface area contributed by atoms with E-state index in [-0.39, 0.29) is 37.2 Å². The van der Waals surface area contributed by atoms with Gasteiger partial charge in [0.2, 0.25) is 11.8 Å². The lowest BCUT2D eigenvalue weighted by Gasteiger charge is -2.14. The minimum Gasteiger partial charge on any atom is -0.476 e. The zero-order valence-corrected chi connectivity index (χ0v) is 15.8. The third kappa shape index (κ3) is 3.87. The first-order chi connectivity index (χ1) is 14.5. The van der Waals surface area contributed by atoms with Crippen molar-refractivity contribution in [3.63, 3.8) is 0 Å². The third-order valence-electron chi connectivity index (χ3n) is 4.88. The zero-order valence-electron chi connectivity index (χ0n) is 15.8.